The molecular formula is C19H28N2O4. The van der Waals surface area contributed by atoms with Gasteiger partial charge in [-0.3, -0.25) is 9.59 Å². The normalized spacial score (nSPS) is 14.8. The van der Waals surface area contributed by atoms with E-state index in [0.29, 0.717) is 37.6 Å². The van der Waals surface area contributed by atoms with E-state index in [2.05, 4.69) is 6.92 Å². The van der Waals surface area contributed by atoms with E-state index in [4.69, 9.17) is 9.47 Å². The number of carbonyl (C=O) groups is 2. The molecule has 1 heterocycles. The van der Waals surface area contributed by atoms with Crippen molar-refractivity contribution in [3.05, 3.63) is 24.3 Å². The zero-order valence-corrected chi connectivity index (χ0v) is 15.2. The Kier molecular flexibility index (Phi) is 7.57. The average Bonchev–Trinajstić information content (AvgIpc) is 2.90. The summed E-state index contributed by atoms with van der Waals surface area (Å²) in [4.78, 5) is 28.2. The monoisotopic (exact) mass is 348 g/mol. The van der Waals surface area contributed by atoms with Gasteiger partial charge < -0.3 is 19.3 Å². The molecule has 6 nitrogen and oxygen atoms in total. The van der Waals surface area contributed by atoms with Gasteiger partial charge in [0.1, 0.15) is 0 Å². The second-order valence-electron chi connectivity index (χ2n) is 6.16. The molecule has 1 saturated heterocycles. The minimum absolute atomic E-state index is 0.0237. The lowest BCUT2D eigenvalue weighted by atomic mass is 10.2. The van der Waals surface area contributed by atoms with Crippen LogP contribution in [-0.4, -0.2) is 61.5 Å². The van der Waals surface area contributed by atoms with Crippen molar-refractivity contribution in [1.82, 2.24) is 9.80 Å². The van der Waals surface area contributed by atoms with Gasteiger partial charge in [-0.15, -0.1) is 0 Å². The van der Waals surface area contributed by atoms with Crippen LogP contribution in [0.4, 0.5) is 0 Å². The number of carbonyl (C=O) groups excluding carboxylic acids is 2. The van der Waals surface area contributed by atoms with Gasteiger partial charge in [0.15, 0.2) is 18.1 Å². The molecule has 0 spiro atoms. The van der Waals surface area contributed by atoms with E-state index < -0.39 is 0 Å². The summed E-state index contributed by atoms with van der Waals surface area (Å²) in [5.41, 5.74) is 0. The lowest BCUT2D eigenvalue weighted by Crippen LogP contribution is -2.39. The molecule has 0 radical (unpaired) electrons. The molecule has 1 aromatic carbocycles. The second kappa shape index (κ2) is 9.91. The van der Waals surface area contributed by atoms with Crippen LogP contribution in [0.25, 0.3) is 0 Å². The highest BCUT2D eigenvalue weighted by Gasteiger charge is 2.22. The van der Waals surface area contributed by atoms with E-state index in [0.717, 1.165) is 25.8 Å². The highest BCUT2D eigenvalue weighted by Crippen LogP contribution is 2.25. The summed E-state index contributed by atoms with van der Waals surface area (Å²) >= 11 is 0. The van der Waals surface area contributed by atoms with Gasteiger partial charge in [0.05, 0.1) is 7.11 Å². The predicted molar refractivity (Wildman–Crippen MR) is 95.8 cm³/mol. The molecule has 138 valence electrons. The fraction of sp³-hybridized carbons (Fsp3) is 0.579. The van der Waals surface area contributed by atoms with Crippen molar-refractivity contribution in [3.63, 3.8) is 0 Å². The molecule has 0 N–H and O–H groups in total. The lowest BCUT2D eigenvalue weighted by molar-refractivity contribution is -0.134. The Hall–Kier alpha value is -2.24. The number of para-hydroxylation sites is 2. The van der Waals surface area contributed by atoms with E-state index in [9.17, 15) is 9.59 Å². The third-order valence-electron chi connectivity index (χ3n) is 4.37. The fourth-order valence-corrected chi connectivity index (χ4v) is 2.87. The molecule has 1 aromatic rings. The van der Waals surface area contributed by atoms with Gasteiger partial charge in [0.2, 0.25) is 5.91 Å². The Morgan fingerprint density at radius 1 is 1.00 bits per heavy atom. The summed E-state index contributed by atoms with van der Waals surface area (Å²) in [6.45, 7) is 4.60. The number of hydrogen-bond donors (Lipinski definition) is 0. The topological polar surface area (TPSA) is 59.1 Å². The average molecular weight is 348 g/mol. The minimum atomic E-state index is -0.0613. The van der Waals surface area contributed by atoms with Crippen molar-refractivity contribution in [2.45, 2.75) is 32.6 Å². The first-order valence-electron chi connectivity index (χ1n) is 8.97. The van der Waals surface area contributed by atoms with Crippen LogP contribution in [0.15, 0.2) is 24.3 Å². The highest BCUT2D eigenvalue weighted by molar-refractivity contribution is 5.78. The molecule has 0 unspecified atom stereocenters. The number of ether oxygens (including phenoxy) is 2. The molecule has 0 aromatic heterocycles. The molecule has 0 saturated carbocycles. The van der Waals surface area contributed by atoms with Crippen LogP contribution in [-0.2, 0) is 9.59 Å². The number of amides is 2. The highest BCUT2D eigenvalue weighted by atomic mass is 16.5. The standard InChI is InChI=1S/C19H28N2O4/c1-3-4-10-18(22)20-11-7-12-21(14-13-20)19(23)15-25-17-9-6-5-8-16(17)24-2/h5-6,8-9H,3-4,7,10-15H2,1-2H3. The molecule has 25 heavy (non-hydrogen) atoms. The SMILES string of the molecule is CCCCC(=O)N1CCCN(C(=O)COc2ccccc2OC)CC1. The number of unbranched alkanes of at least 4 members (excludes halogenated alkanes) is 1. The van der Waals surface area contributed by atoms with Crippen LogP contribution < -0.4 is 9.47 Å². The van der Waals surface area contributed by atoms with Gasteiger partial charge in [0.25, 0.3) is 5.91 Å². The van der Waals surface area contributed by atoms with Crippen LogP contribution in [0.5, 0.6) is 11.5 Å². The maximum atomic E-state index is 12.4. The predicted octanol–water partition coefficient (Wildman–Crippen LogP) is 2.33. The zero-order valence-electron chi connectivity index (χ0n) is 15.2. The Morgan fingerprint density at radius 2 is 1.64 bits per heavy atom. The summed E-state index contributed by atoms with van der Waals surface area (Å²) in [5.74, 6) is 1.30. The quantitative estimate of drug-likeness (QED) is 0.759. The first-order valence-corrected chi connectivity index (χ1v) is 8.97. The van der Waals surface area contributed by atoms with Gasteiger partial charge in [-0.05, 0) is 25.0 Å². The van der Waals surface area contributed by atoms with Crippen molar-refractivity contribution in [2.75, 3.05) is 39.9 Å². The van der Waals surface area contributed by atoms with Crippen LogP contribution in [0, 0.1) is 0 Å². The summed E-state index contributed by atoms with van der Waals surface area (Å²) in [5, 5.41) is 0. The van der Waals surface area contributed by atoms with Gasteiger partial charge in [-0.25, -0.2) is 0 Å². The molecule has 1 aliphatic rings. The van der Waals surface area contributed by atoms with Crippen LogP contribution in [0.1, 0.15) is 32.6 Å². The van der Waals surface area contributed by atoms with Crippen LogP contribution in [0.3, 0.4) is 0 Å². The van der Waals surface area contributed by atoms with E-state index in [-0.39, 0.29) is 18.4 Å². The van der Waals surface area contributed by atoms with Gasteiger partial charge >= 0.3 is 0 Å². The summed E-state index contributed by atoms with van der Waals surface area (Å²) in [6, 6.07) is 7.27. The number of methoxy groups -OCH3 is 1. The molecule has 0 atom stereocenters. The van der Waals surface area contributed by atoms with Crippen LogP contribution >= 0.6 is 0 Å². The van der Waals surface area contributed by atoms with Crippen molar-refractivity contribution in [1.29, 1.82) is 0 Å². The smallest absolute Gasteiger partial charge is 0.260 e. The van der Waals surface area contributed by atoms with E-state index in [1.54, 1.807) is 24.1 Å². The maximum Gasteiger partial charge on any atom is 0.260 e. The van der Waals surface area contributed by atoms with Crippen molar-refractivity contribution in [3.8, 4) is 11.5 Å². The maximum absolute atomic E-state index is 12.4. The largest absolute Gasteiger partial charge is 0.493 e. The van der Waals surface area contributed by atoms with Crippen molar-refractivity contribution < 1.29 is 19.1 Å². The Bertz CT molecular complexity index is 576. The molecule has 2 rings (SSSR count). The Labute approximate surface area is 149 Å². The van der Waals surface area contributed by atoms with Gasteiger partial charge in [0, 0.05) is 32.6 Å². The molecule has 1 fully saturated rings. The molecule has 0 aliphatic carbocycles. The molecule has 6 heteroatoms. The van der Waals surface area contributed by atoms with Gasteiger partial charge in [-0.2, -0.15) is 0 Å². The van der Waals surface area contributed by atoms with E-state index >= 15 is 0 Å². The summed E-state index contributed by atoms with van der Waals surface area (Å²) in [7, 11) is 1.57. The minimum Gasteiger partial charge on any atom is -0.493 e. The number of rotatable bonds is 7. The van der Waals surface area contributed by atoms with E-state index in [1.807, 2.05) is 17.0 Å². The molecule has 0 bridgehead atoms. The van der Waals surface area contributed by atoms with Gasteiger partial charge in [-0.1, -0.05) is 25.5 Å². The Morgan fingerprint density at radius 3 is 2.28 bits per heavy atom. The first kappa shape index (κ1) is 19.1. The Balaban J connectivity index is 1.83. The fourth-order valence-electron chi connectivity index (χ4n) is 2.87. The number of benzene rings is 1. The number of hydrogen-bond acceptors (Lipinski definition) is 4. The van der Waals surface area contributed by atoms with E-state index in [1.165, 1.54) is 0 Å². The second-order valence-corrected chi connectivity index (χ2v) is 6.16. The van der Waals surface area contributed by atoms with Crippen LogP contribution in [0.2, 0.25) is 0 Å². The molecule has 1 aliphatic heterocycles. The zero-order chi connectivity index (χ0) is 18.1. The first-order chi connectivity index (χ1) is 12.2. The third-order valence-corrected chi connectivity index (χ3v) is 4.37. The van der Waals surface area contributed by atoms with Crippen molar-refractivity contribution >= 4 is 11.8 Å². The summed E-state index contributed by atoms with van der Waals surface area (Å²) in [6.07, 6.45) is 3.34. The number of nitrogens with zero attached hydrogens (tertiary/aromatic N) is 2. The third kappa shape index (κ3) is 5.66. The lowest BCUT2D eigenvalue weighted by Gasteiger charge is -2.22. The molecular weight excluding hydrogens is 320 g/mol. The molecule has 2 amide bonds. The van der Waals surface area contributed by atoms with Crippen molar-refractivity contribution in [2.24, 2.45) is 0 Å². The summed E-state index contributed by atoms with van der Waals surface area (Å²) < 4.78 is 10.8.